The largest absolute Gasteiger partial charge is 0.311 e. The number of hydrogen-bond acceptors (Lipinski definition) is 2. The molecular weight excluding hydrogens is 436 g/mol. The van der Waals surface area contributed by atoms with Crippen LogP contribution >= 0.6 is 0 Å². The van der Waals surface area contributed by atoms with Gasteiger partial charge in [0.05, 0.1) is 6.07 Å². The van der Waals surface area contributed by atoms with Crippen molar-refractivity contribution in [1.82, 2.24) is 0 Å². The van der Waals surface area contributed by atoms with Gasteiger partial charge in [0.1, 0.15) is 0 Å². The highest BCUT2D eigenvalue weighted by molar-refractivity contribution is 5.76. The van der Waals surface area contributed by atoms with Gasteiger partial charge in [-0.2, -0.15) is 5.26 Å². The SMILES string of the molecule is N#CCCC(c1ccccc1)(c1ccccc1)c1ccc(N(c2ccccc2)c2ccccc2)cc1. The summed E-state index contributed by atoms with van der Waals surface area (Å²) in [7, 11) is 0. The zero-order valence-electron chi connectivity index (χ0n) is 20.2. The Morgan fingerprint density at radius 3 is 1.25 bits per heavy atom. The topological polar surface area (TPSA) is 27.0 Å². The van der Waals surface area contributed by atoms with Crippen LogP contribution in [0.1, 0.15) is 29.5 Å². The van der Waals surface area contributed by atoms with Gasteiger partial charge in [-0.15, -0.1) is 0 Å². The van der Waals surface area contributed by atoms with Gasteiger partial charge in [0.25, 0.3) is 0 Å². The summed E-state index contributed by atoms with van der Waals surface area (Å²) in [5.41, 5.74) is 6.47. The first-order valence-corrected chi connectivity index (χ1v) is 12.3. The summed E-state index contributed by atoms with van der Waals surface area (Å²) in [5.74, 6) is 0. The third kappa shape index (κ3) is 4.52. The minimum absolute atomic E-state index is 0.416. The van der Waals surface area contributed by atoms with E-state index in [2.05, 4.69) is 132 Å². The Bertz CT molecular complexity index is 1330. The molecule has 36 heavy (non-hydrogen) atoms. The molecule has 5 rings (SSSR count). The average molecular weight is 465 g/mol. The smallest absolute Gasteiger partial charge is 0.0622 e. The molecule has 0 radical (unpaired) electrons. The summed E-state index contributed by atoms with van der Waals surface area (Å²) in [6, 6.07) is 53.3. The summed E-state index contributed by atoms with van der Waals surface area (Å²) in [6.07, 6.45) is 1.17. The van der Waals surface area contributed by atoms with Crippen LogP contribution in [0, 0.1) is 11.3 Å². The molecule has 0 amide bonds. The molecule has 0 saturated heterocycles. The van der Waals surface area contributed by atoms with E-state index in [4.69, 9.17) is 0 Å². The third-order valence-electron chi connectivity index (χ3n) is 6.79. The average Bonchev–Trinajstić information content (AvgIpc) is 2.97. The van der Waals surface area contributed by atoms with E-state index in [1.54, 1.807) is 0 Å². The molecule has 5 aromatic rings. The lowest BCUT2D eigenvalue weighted by atomic mass is 9.67. The fourth-order valence-electron chi connectivity index (χ4n) is 5.12. The van der Waals surface area contributed by atoms with E-state index in [1.807, 2.05) is 24.3 Å². The minimum Gasteiger partial charge on any atom is -0.311 e. The maximum Gasteiger partial charge on any atom is 0.0622 e. The maximum absolute atomic E-state index is 9.58. The van der Waals surface area contributed by atoms with Gasteiger partial charge in [-0.3, -0.25) is 0 Å². The van der Waals surface area contributed by atoms with Crippen molar-refractivity contribution in [3.63, 3.8) is 0 Å². The molecule has 0 aliphatic heterocycles. The van der Waals surface area contributed by atoms with Crippen molar-refractivity contribution >= 4 is 17.1 Å². The second kappa shape index (κ2) is 10.8. The molecule has 0 unspecified atom stereocenters. The Kier molecular flexibility index (Phi) is 6.92. The number of nitrogens with zero attached hydrogens (tertiary/aromatic N) is 2. The van der Waals surface area contributed by atoms with Crippen LogP contribution in [0.25, 0.3) is 0 Å². The van der Waals surface area contributed by atoms with Crippen molar-refractivity contribution < 1.29 is 0 Å². The Hall–Kier alpha value is -4.61. The van der Waals surface area contributed by atoms with E-state index in [0.29, 0.717) is 12.8 Å². The number of anilines is 3. The first-order valence-electron chi connectivity index (χ1n) is 12.3. The molecule has 5 aromatic carbocycles. The quantitative estimate of drug-likeness (QED) is 0.215. The monoisotopic (exact) mass is 464 g/mol. The van der Waals surface area contributed by atoms with Gasteiger partial charge in [0, 0.05) is 28.9 Å². The molecule has 0 saturated carbocycles. The van der Waals surface area contributed by atoms with Gasteiger partial charge in [-0.05, 0) is 59.5 Å². The van der Waals surface area contributed by atoms with Gasteiger partial charge in [-0.1, -0.05) is 109 Å². The van der Waals surface area contributed by atoms with Gasteiger partial charge in [0.2, 0.25) is 0 Å². The van der Waals surface area contributed by atoms with Crippen molar-refractivity contribution in [2.45, 2.75) is 18.3 Å². The number of hydrogen-bond donors (Lipinski definition) is 0. The second-order valence-electron chi connectivity index (χ2n) is 8.85. The van der Waals surface area contributed by atoms with Crippen LogP contribution < -0.4 is 4.90 Å². The van der Waals surface area contributed by atoms with Gasteiger partial charge in [0.15, 0.2) is 0 Å². The molecule has 0 atom stereocenters. The molecule has 0 aromatic heterocycles. The van der Waals surface area contributed by atoms with Crippen molar-refractivity contribution in [1.29, 1.82) is 5.26 Å². The number of nitriles is 1. The lowest BCUT2D eigenvalue weighted by Crippen LogP contribution is -2.29. The standard InChI is InChI=1S/C34H28N2/c35-27-13-26-34(28-14-5-1-6-15-28,29-16-7-2-8-17-29)30-22-24-33(25-23-30)36(31-18-9-3-10-19-31)32-20-11-4-12-21-32/h1-12,14-25H,13,26H2. The fraction of sp³-hybridized carbons (Fsp3) is 0.0882. The van der Waals surface area contributed by atoms with Crippen LogP contribution in [0.5, 0.6) is 0 Å². The Balaban J connectivity index is 1.66. The third-order valence-corrected chi connectivity index (χ3v) is 6.79. The number of rotatable bonds is 8. The highest BCUT2D eigenvalue weighted by Gasteiger charge is 2.36. The highest BCUT2D eigenvalue weighted by atomic mass is 15.1. The molecule has 174 valence electrons. The summed E-state index contributed by atoms with van der Waals surface area (Å²) in [6.45, 7) is 0. The van der Waals surface area contributed by atoms with Crippen LogP contribution in [0.15, 0.2) is 146 Å². The molecule has 0 aliphatic carbocycles. The van der Waals surface area contributed by atoms with Gasteiger partial charge in [-0.25, -0.2) is 0 Å². The van der Waals surface area contributed by atoms with Crippen LogP contribution in [-0.4, -0.2) is 0 Å². The van der Waals surface area contributed by atoms with Crippen molar-refractivity contribution in [3.8, 4) is 6.07 Å². The zero-order valence-corrected chi connectivity index (χ0v) is 20.2. The molecule has 0 spiro atoms. The number of benzene rings is 5. The minimum atomic E-state index is -0.416. The van der Waals surface area contributed by atoms with Gasteiger partial charge >= 0.3 is 0 Å². The lowest BCUT2D eigenvalue weighted by Gasteiger charge is -2.36. The van der Waals surface area contributed by atoms with E-state index in [0.717, 1.165) is 17.1 Å². The number of para-hydroxylation sites is 2. The Morgan fingerprint density at radius 1 is 0.472 bits per heavy atom. The summed E-state index contributed by atoms with van der Waals surface area (Å²) < 4.78 is 0. The molecule has 0 heterocycles. The van der Waals surface area contributed by atoms with Crippen LogP contribution in [-0.2, 0) is 5.41 Å². The van der Waals surface area contributed by atoms with Crippen LogP contribution in [0.2, 0.25) is 0 Å². The van der Waals surface area contributed by atoms with Crippen LogP contribution in [0.4, 0.5) is 17.1 Å². The van der Waals surface area contributed by atoms with E-state index in [9.17, 15) is 5.26 Å². The fourth-order valence-corrected chi connectivity index (χ4v) is 5.12. The Morgan fingerprint density at radius 2 is 0.833 bits per heavy atom. The van der Waals surface area contributed by atoms with Crippen LogP contribution in [0.3, 0.4) is 0 Å². The molecule has 2 heteroatoms. The Labute approximate surface area is 213 Å². The van der Waals surface area contributed by atoms with E-state index in [-0.39, 0.29) is 0 Å². The van der Waals surface area contributed by atoms with Crippen molar-refractivity contribution in [2.75, 3.05) is 4.90 Å². The van der Waals surface area contributed by atoms with E-state index >= 15 is 0 Å². The predicted octanol–water partition coefficient (Wildman–Crippen LogP) is 8.79. The predicted molar refractivity (Wildman–Crippen MR) is 149 cm³/mol. The first-order chi connectivity index (χ1) is 17.8. The first kappa shape index (κ1) is 23.1. The van der Waals surface area contributed by atoms with E-state index in [1.165, 1.54) is 16.7 Å². The molecule has 2 nitrogen and oxygen atoms in total. The van der Waals surface area contributed by atoms with Gasteiger partial charge < -0.3 is 4.90 Å². The molecule has 0 N–H and O–H groups in total. The summed E-state index contributed by atoms with van der Waals surface area (Å²) >= 11 is 0. The van der Waals surface area contributed by atoms with Crippen molar-refractivity contribution in [2.24, 2.45) is 0 Å². The summed E-state index contributed by atoms with van der Waals surface area (Å²) in [5, 5.41) is 9.58. The highest BCUT2D eigenvalue weighted by Crippen LogP contribution is 2.44. The summed E-state index contributed by atoms with van der Waals surface area (Å²) in [4.78, 5) is 2.27. The second-order valence-corrected chi connectivity index (χ2v) is 8.85. The zero-order chi connectivity index (χ0) is 24.6. The maximum atomic E-state index is 9.58. The van der Waals surface area contributed by atoms with E-state index < -0.39 is 5.41 Å². The molecule has 0 bridgehead atoms. The van der Waals surface area contributed by atoms with Crippen molar-refractivity contribution in [3.05, 3.63) is 162 Å². The molecule has 0 fully saturated rings. The molecular formula is C34H28N2. The molecule has 0 aliphatic rings. The lowest BCUT2D eigenvalue weighted by molar-refractivity contribution is 0.569. The normalized spacial score (nSPS) is 11.0.